The third-order valence-corrected chi connectivity index (χ3v) is 7.98. The normalized spacial score (nSPS) is 16.7. The minimum atomic E-state index is -0.461. The van der Waals surface area contributed by atoms with Crippen molar-refractivity contribution in [3.63, 3.8) is 0 Å². The van der Waals surface area contributed by atoms with E-state index in [2.05, 4.69) is 48.6 Å². The fourth-order valence-electron chi connectivity index (χ4n) is 4.83. The van der Waals surface area contributed by atoms with E-state index in [1.54, 1.807) is 11.3 Å². The molecule has 0 aliphatic carbocycles. The molecule has 2 aromatic carbocycles. The van der Waals surface area contributed by atoms with Crippen LogP contribution in [0.3, 0.4) is 0 Å². The van der Waals surface area contributed by atoms with E-state index in [1.165, 1.54) is 15.6 Å². The summed E-state index contributed by atoms with van der Waals surface area (Å²) in [6.45, 7) is 5.47. The number of carbonyl (C=O) groups excluding carboxylic acids is 2. The first-order chi connectivity index (χ1) is 18.1. The summed E-state index contributed by atoms with van der Waals surface area (Å²) >= 11 is 1.71. The molecule has 2 heterocycles. The van der Waals surface area contributed by atoms with Crippen LogP contribution in [0.4, 0.5) is 10.5 Å². The van der Waals surface area contributed by atoms with Crippen molar-refractivity contribution in [1.82, 2.24) is 10.2 Å². The summed E-state index contributed by atoms with van der Waals surface area (Å²) in [6.07, 6.45) is 10.7. The van der Waals surface area contributed by atoms with Crippen molar-refractivity contribution >= 4 is 39.1 Å². The van der Waals surface area contributed by atoms with Gasteiger partial charge in [0, 0.05) is 21.7 Å². The number of fused-ring (bicyclic) bond motifs is 3. The Hall–Kier alpha value is -3.34. The van der Waals surface area contributed by atoms with Gasteiger partial charge < -0.3 is 9.64 Å². The first kappa shape index (κ1) is 26.7. The van der Waals surface area contributed by atoms with Gasteiger partial charge in [-0.25, -0.2) is 4.79 Å². The van der Waals surface area contributed by atoms with Crippen LogP contribution in [0.5, 0.6) is 0 Å². The van der Waals surface area contributed by atoms with E-state index in [0.717, 1.165) is 49.1 Å². The lowest BCUT2D eigenvalue weighted by atomic mass is 9.91. The molecule has 4 rings (SSSR count). The Kier molecular flexibility index (Phi) is 9.21. The predicted octanol–water partition coefficient (Wildman–Crippen LogP) is 6.46. The number of terminal acetylenes is 1. The Bertz CT molecular complexity index is 1260. The van der Waals surface area contributed by atoms with Crippen molar-refractivity contribution in [2.45, 2.75) is 64.6 Å². The molecule has 0 unspecified atom stereocenters. The fourth-order valence-corrected chi connectivity index (χ4v) is 6.19. The Morgan fingerprint density at radius 3 is 2.57 bits per heavy atom. The monoisotopic (exact) mass is 517 g/mol. The highest BCUT2D eigenvalue weighted by molar-refractivity contribution is 7.19. The number of unbranched alkanes of at least 4 members (excludes halogenated alkanes) is 3. The maximum atomic E-state index is 13.2. The average Bonchev–Trinajstić information content (AvgIpc) is 3.29. The number of hydrogen-bond donors (Lipinski definition) is 2. The summed E-state index contributed by atoms with van der Waals surface area (Å²) in [6, 6.07) is 15.7. The van der Waals surface area contributed by atoms with E-state index in [4.69, 9.17) is 11.2 Å². The second kappa shape index (κ2) is 12.8. The standard InChI is InChI=1S/C30H35N3O3S/c1-4-7-11-19-36-30(35)32-22-16-14-21(15-17-22)28-29-24(23-12-9-10-13-25(23)37-29)20-26(31-18-8-5-2)33(28)27(34)6-3/h3,9-10,12-17,26,28,31H,4-5,7-8,11,18-20H2,1-2H3,(H,32,35)/t26-,28+/m1/s1. The van der Waals surface area contributed by atoms with Gasteiger partial charge in [-0.3, -0.25) is 15.4 Å². The van der Waals surface area contributed by atoms with Crippen LogP contribution in [0.25, 0.3) is 10.1 Å². The van der Waals surface area contributed by atoms with E-state index >= 15 is 0 Å². The Labute approximate surface area is 223 Å². The number of ether oxygens (including phenoxy) is 1. The molecule has 1 aromatic heterocycles. The molecular weight excluding hydrogens is 482 g/mol. The molecule has 0 saturated heterocycles. The smallest absolute Gasteiger partial charge is 0.411 e. The maximum Gasteiger partial charge on any atom is 0.411 e. The summed E-state index contributed by atoms with van der Waals surface area (Å²) in [5.74, 6) is 2.03. The van der Waals surface area contributed by atoms with E-state index in [0.29, 0.717) is 18.7 Å². The summed E-state index contributed by atoms with van der Waals surface area (Å²) in [5.41, 5.74) is 2.85. The van der Waals surface area contributed by atoms with Crippen LogP contribution in [0, 0.1) is 12.3 Å². The molecule has 7 heteroatoms. The average molecular weight is 518 g/mol. The summed E-state index contributed by atoms with van der Waals surface area (Å²) in [4.78, 5) is 28.3. The first-order valence-electron chi connectivity index (χ1n) is 13.1. The van der Waals surface area contributed by atoms with Gasteiger partial charge in [-0.1, -0.05) is 63.4 Å². The van der Waals surface area contributed by atoms with Gasteiger partial charge in [0.15, 0.2) is 0 Å². The summed E-state index contributed by atoms with van der Waals surface area (Å²) in [5, 5.41) is 7.61. The van der Waals surface area contributed by atoms with Crippen LogP contribution in [0.2, 0.25) is 0 Å². The van der Waals surface area contributed by atoms with Crippen molar-refractivity contribution in [3.05, 3.63) is 64.5 Å². The van der Waals surface area contributed by atoms with Gasteiger partial charge in [-0.05, 0) is 60.0 Å². The van der Waals surface area contributed by atoms with Crippen LogP contribution < -0.4 is 10.6 Å². The van der Waals surface area contributed by atoms with Crippen molar-refractivity contribution in [3.8, 4) is 12.3 Å². The highest BCUT2D eigenvalue weighted by Crippen LogP contribution is 2.45. The molecule has 6 nitrogen and oxygen atoms in total. The van der Waals surface area contributed by atoms with Crippen molar-refractivity contribution < 1.29 is 14.3 Å². The molecule has 37 heavy (non-hydrogen) atoms. The number of nitrogens with one attached hydrogen (secondary N) is 2. The van der Waals surface area contributed by atoms with Gasteiger partial charge in [-0.15, -0.1) is 17.8 Å². The molecule has 2 atom stereocenters. The lowest BCUT2D eigenvalue weighted by Gasteiger charge is -2.41. The topological polar surface area (TPSA) is 70.7 Å². The minimum absolute atomic E-state index is 0.207. The molecule has 0 saturated carbocycles. The van der Waals surface area contributed by atoms with E-state index < -0.39 is 6.09 Å². The van der Waals surface area contributed by atoms with Crippen molar-refractivity contribution in [2.75, 3.05) is 18.5 Å². The number of benzene rings is 2. The number of carbonyl (C=O) groups is 2. The Balaban J connectivity index is 1.65. The number of amides is 2. The number of nitrogens with zero attached hydrogens (tertiary/aromatic N) is 1. The van der Waals surface area contributed by atoms with Crippen molar-refractivity contribution in [1.29, 1.82) is 0 Å². The third-order valence-electron chi connectivity index (χ3n) is 6.71. The lowest BCUT2D eigenvalue weighted by molar-refractivity contribution is -0.130. The number of thiophene rings is 1. The van der Waals surface area contributed by atoms with Crippen LogP contribution in [0.1, 0.15) is 68.0 Å². The zero-order chi connectivity index (χ0) is 26.2. The highest BCUT2D eigenvalue weighted by atomic mass is 32.1. The highest BCUT2D eigenvalue weighted by Gasteiger charge is 2.39. The van der Waals surface area contributed by atoms with Gasteiger partial charge in [0.2, 0.25) is 0 Å². The molecule has 0 fully saturated rings. The Morgan fingerprint density at radius 1 is 1.08 bits per heavy atom. The zero-order valence-corrected chi connectivity index (χ0v) is 22.4. The summed E-state index contributed by atoms with van der Waals surface area (Å²) in [7, 11) is 0. The van der Waals surface area contributed by atoms with Gasteiger partial charge in [0.05, 0.1) is 18.8 Å². The molecule has 3 aromatic rings. The Morgan fingerprint density at radius 2 is 1.84 bits per heavy atom. The lowest BCUT2D eigenvalue weighted by Crippen LogP contribution is -2.54. The molecule has 2 N–H and O–H groups in total. The maximum absolute atomic E-state index is 13.2. The SMILES string of the molecule is C#CC(=O)N1[C@@H](c2ccc(NC(=O)OCCCCC)cc2)c2sc3ccccc3c2C[C@@H]1NCCCC. The van der Waals surface area contributed by atoms with Gasteiger partial charge in [-0.2, -0.15) is 0 Å². The molecule has 0 bridgehead atoms. The molecule has 1 aliphatic rings. The molecule has 0 spiro atoms. The second-order valence-corrected chi connectivity index (χ2v) is 10.4. The second-order valence-electron chi connectivity index (χ2n) is 9.32. The number of anilines is 1. The third kappa shape index (κ3) is 6.15. The number of hydrogen-bond acceptors (Lipinski definition) is 5. The molecule has 0 radical (unpaired) electrons. The van der Waals surface area contributed by atoms with Gasteiger partial charge in [0.1, 0.15) is 0 Å². The van der Waals surface area contributed by atoms with Gasteiger partial charge >= 0.3 is 6.09 Å². The number of rotatable bonds is 10. The van der Waals surface area contributed by atoms with Crippen LogP contribution in [0.15, 0.2) is 48.5 Å². The molecule has 194 valence electrons. The largest absolute Gasteiger partial charge is 0.449 e. The van der Waals surface area contributed by atoms with E-state index in [-0.39, 0.29) is 18.1 Å². The van der Waals surface area contributed by atoms with Crippen LogP contribution in [-0.2, 0) is 16.0 Å². The molecule has 1 aliphatic heterocycles. The van der Waals surface area contributed by atoms with Gasteiger partial charge in [0.25, 0.3) is 5.91 Å². The quantitative estimate of drug-likeness (QED) is 0.239. The van der Waals surface area contributed by atoms with Crippen LogP contribution >= 0.6 is 11.3 Å². The van der Waals surface area contributed by atoms with Crippen molar-refractivity contribution in [2.24, 2.45) is 0 Å². The molecule has 2 amide bonds. The minimum Gasteiger partial charge on any atom is -0.449 e. The van der Waals surface area contributed by atoms with E-state index in [9.17, 15) is 9.59 Å². The molecular formula is C30H35N3O3S. The zero-order valence-electron chi connectivity index (χ0n) is 21.6. The van der Waals surface area contributed by atoms with E-state index in [1.807, 2.05) is 35.2 Å². The fraction of sp³-hybridized carbons (Fsp3) is 0.400. The van der Waals surface area contributed by atoms with Crippen LogP contribution in [-0.4, -0.2) is 36.2 Å². The predicted molar refractivity (Wildman–Crippen MR) is 151 cm³/mol. The summed E-state index contributed by atoms with van der Waals surface area (Å²) < 4.78 is 6.46. The first-order valence-corrected chi connectivity index (χ1v) is 13.9.